The Morgan fingerprint density at radius 3 is 2.85 bits per heavy atom. The van der Waals surface area contributed by atoms with Gasteiger partial charge in [0.2, 0.25) is 5.91 Å². The number of amides is 1. The highest BCUT2D eigenvalue weighted by molar-refractivity contribution is 5.82. The second-order valence-electron chi connectivity index (χ2n) is 4.41. The van der Waals surface area contributed by atoms with Gasteiger partial charge in [-0.1, -0.05) is 30.1 Å². The average Bonchev–Trinajstić information content (AvgIpc) is 2.97. The molecule has 1 fully saturated rings. The summed E-state index contributed by atoms with van der Waals surface area (Å²) in [6, 6.07) is -0.0480. The molecule has 3 heteroatoms. The Bertz CT molecular complexity index is 481. The van der Waals surface area contributed by atoms with Crippen LogP contribution in [-0.2, 0) is 4.79 Å². The summed E-state index contributed by atoms with van der Waals surface area (Å²) in [5.41, 5.74) is 0.898. The number of nitrogens with one attached hydrogen (secondary N) is 2. The van der Waals surface area contributed by atoms with E-state index in [1.54, 1.807) is 18.4 Å². The minimum atomic E-state index is -0.0480. The van der Waals surface area contributed by atoms with E-state index in [0.717, 1.165) is 25.0 Å². The van der Waals surface area contributed by atoms with Crippen molar-refractivity contribution in [1.82, 2.24) is 10.6 Å². The van der Waals surface area contributed by atoms with Crippen molar-refractivity contribution >= 4 is 5.91 Å². The average molecular weight is 270 g/mol. The second-order valence-corrected chi connectivity index (χ2v) is 4.41. The molecular formula is C17H22N2O. The zero-order valence-electron chi connectivity index (χ0n) is 12.1. The summed E-state index contributed by atoms with van der Waals surface area (Å²) in [7, 11) is 0. The number of hydrogen-bond donors (Lipinski definition) is 2. The van der Waals surface area contributed by atoms with Crippen LogP contribution in [0.4, 0.5) is 0 Å². The van der Waals surface area contributed by atoms with Crippen molar-refractivity contribution in [3.05, 3.63) is 48.2 Å². The normalized spacial score (nSPS) is 19.7. The Kier molecular flexibility index (Phi) is 7.86. The van der Waals surface area contributed by atoms with Crippen LogP contribution < -0.4 is 10.6 Å². The molecular weight excluding hydrogens is 248 g/mol. The van der Waals surface area contributed by atoms with Crippen molar-refractivity contribution in [2.75, 3.05) is 6.54 Å². The van der Waals surface area contributed by atoms with Gasteiger partial charge >= 0.3 is 0 Å². The summed E-state index contributed by atoms with van der Waals surface area (Å²) in [5, 5.41) is 5.93. The summed E-state index contributed by atoms with van der Waals surface area (Å²) in [6.07, 6.45) is 14.9. The second kappa shape index (κ2) is 9.82. The van der Waals surface area contributed by atoms with Crippen LogP contribution in [0.25, 0.3) is 0 Å². The lowest BCUT2D eigenvalue weighted by Gasteiger charge is -2.07. The molecule has 0 saturated carbocycles. The van der Waals surface area contributed by atoms with E-state index in [-0.39, 0.29) is 11.9 Å². The summed E-state index contributed by atoms with van der Waals surface area (Å²) in [6.45, 7) is 4.80. The summed E-state index contributed by atoms with van der Waals surface area (Å²) in [4.78, 5) is 11.7. The van der Waals surface area contributed by atoms with Crippen LogP contribution in [0.5, 0.6) is 0 Å². The zero-order chi connectivity index (χ0) is 14.6. The smallest absolute Gasteiger partial charge is 0.241 e. The molecule has 0 bridgehead atoms. The monoisotopic (exact) mass is 270 g/mol. The van der Waals surface area contributed by atoms with Crippen LogP contribution in [-0.4, -0.2) is 18.5 Å². The molecule has 0 radical (unpaired) electrons. The van der Waals surface area contributed by atoms with Gasteiger partial charge < -0.3 is 10.6 Å². The molecule has 0 aromatic rings. The Hall–Kier alpha value is -2.05. The van der Waals surface area contributed by atoms with Crippen LogP contribution in [0.1, 0.15) is 26.7 Å². The molecule has 1 amide bonds. The van der Waals surface area contributed by atoms with Gasteiger partial charge in [0.15, 0.2) is 0 Å². The van der Waals surface area contributed by atoms with Crippen molar-refractivity contribution in [2.45, 2.75) is 32.7 Å². The largest absolute Gasteiger partial charge is 0.331 e. The summed E-state index contributed by atoms with van der Waals surface area (Å²) in [5.74, 6) is 5.99. The van der Waals surface area contributed by atoms with E-state index in [4.69, 9.17) is 0 Å². The SMILES string of the molecule is C\C=C/C(C#C/C=C/C)=C\C=C\NC(=O)C1CCCN1. The fourth-order valence-electron chi connectivity index (χ4n) is 1.82. The third kappa shape index (κ3) is 6.21. The van der Waals surface area contributed by atoms with Gasteiger partial charge in [0.05, 0.1) is 6.04 Å². The Morgan fingerprint density at radius 1 is 1.35 bits per heavy atom. The van der Waals surface area contributed by atoms with Crippen LogP contribution in [0.15, 0.2) is 48.2 Å². The molecule has 1 atom stereocenters. The molecule has 1 aliphatic rings. The van der Waals surface area contributed by atoms with Crippen molar-refractivity contribution in [3.63, 3.8) is 0 Å². The maximum Gasteiger partial charge on any atom is 0.241 e. The molecule has 2 N–H and O–H groups in total. The number of rotatable bonds is 4. The van der Waals surface area contributed by atoms with Gasteiger partial charge in [-0.05, 0) is 51.5 Å². The first kappa shape index (κ1) is 16.0. The standard InChI is InChI=1S/C17H22N2O/c1-3-5-6-10-15(9-4-2)11-7-14-19-17(20)16-12-8-13-18-16/h3-5,7,9,11,14,16,18H,8,12-13H2,1-2H3,(H,19,20)/b5-3+,9-4-,14-7+,15-11+. The predicted octanol–water partition coefficient (Wildman–Crippen LogP) is 2.45. The lowest BCUT2D eigenvalue weighted by molar-refractivity contribution is -0.121. The predicted molar refractivity (Wildman–Crippen MR) is 83.8 cm³/mol. The fraction of sp³-hybridized carbons (Fsp3) is 0.353. The van der Waals surface area contributed by atoms with Crippen molar-refractivity contribution < 1.29 is 4.79 Å². The number of allylic oxidation sites excluding steroid dienone is 7. The Labute approximate surface area is 121 Å². The van der Waals surface area contributed by atoms with Gasteiger partial charge in [0.1, 0.15) is 0 Å². The van der Waals surface area contributed by atoms with Crippen LogP contribution in [0.3, 0.4) is 0 Å². The molecule has 1 aliphatic heterocycles. The Balaban J connectivity index is 2.51. The highest BCUT2D eigenvalue weighted by Gasteiger charge is 2.20. The van der Waals surface area contributed by atoms with Gasteiger partial charge in [-0.15, -0.1) is 0 Å². The first-order chi connectivity index (χ1) is 9.77. The quantitative estimate of drug-likeness (QED) is 0.608. The number of hydrogen-bond acceptors (Lipinski definition) is 2. The molecule has 1 heterocycles. The topological polar surface area (TPSA) is 41.1 Å². The molecule has 1 unspecified atom stereocenters. The lowest BCUT2D eigenvalue weighted by Crippen LogP contribution is -2.37. The Morgan fingerprint density at radius 2 is 2.20 bits per heavy atom. The van der Waals surface area contributed by atoms with Crippen molar-refractivity contribution in [2.24, 2.45) is 0 Å². The van der Waals surface area contributed by atoms with Crippen molar-refractivity contribution in [3.8, 4) is 11.8 Å². The van der Waals surface area contributed by atoms with Crippen LogP contribution in [0, 0.1) is 11.8 Å². The van der Waals surface area contributed by atoms with Gasteiger partial charge in [0.25, 0.3) is 0 Å². The maximum absolute atomic E-state index is 11.7. The minimum absolute atomic E-state index is 0.0275. The molecule has 1 rings (SSSR count). The lowest BCUT2D eigenvalue weighted by atomic mass is 10.2. The molecule has 106 valence electrons. The molecule has 0 spiro atoms. The summed E-state index contributed by atoms with van der Waals surface area (Å²) >= 11 is 0. The molecule has 0 aliphatic carbocycles. The summed E-state index contributed by atoms with van der Waals surface area (Å²) < 4.78 is 0. The van der Waals surface area contributed by atoms with Crippen LogP contribution in [0.2, 0.25) is 0 Å². The van der Waals surface area contributed by atoms with Gasteiger partial charge in [-0.25, -0.2) is 0 Å². The van der Waals surface area contributed by atoms with E-state index in [1.807, 2.05) is 38.2 Å². The van der Waals surface area contributed by atoms with Gasteiger partial charge in [-0.2, -0.15) is 0 Å². The first-order valence-corrected chi connectivity index (χ1v) is 6.94. The van der Waals surface area contributed by atoms with Gasteiger partial charge in [-0.3, -0.25) is 4.79 Å². The molecule has 0 aromatic heterocycles. The number of carbonyl (C=O) groups is 1. The van der Waals surface area contributed by atoms with E-state index in [0.29, 0.717) is 0 Å². The zero-order valence-corrected chi connectivity index (χ0v) is 12.1. The molecule has 1 saturated heterocycles. The third-order valence-corrected chi connectivity index (χ3v) is 2.79. The van der Waals surface area contributed by atoms with E-state index < -0.39 is 0 Å². The third-order valence-electron chi connectivity index (χ3n) is 2.79. The molecule has 3 nitrogen and oxygen atoms in total. The number of carbonyl (C=O) groups excluding carboxylic acids is 1. The minimum Gasteiger partial charge on any atom is -0.331 e. The van der Waals surface area contributed by atoms with Crippen molar-refractivity contribution in [1.29, 1.82) is 0 Å². The van der Waals surface area contributed by atoms with E-state index in [9.17, 15) is 4.79 Å². The van der Waals surface area contributed by atoms with E-state index >= 15 is 0 Å². The van der Waals surface area contributed by atoms with E-state index in [1.165, 1.54) is 0 Å². The fourth-order valence-corrected chi connectivity index (χ4v) is 1.82. The van der Waals surface area contributed by atoms with Crippen LogP contribution >= 0.6 is 0 Å². The molecule has 0 aromatic carbocycles. The van der Waals surface area contributed by atoms with E-state index in [2.05, 4.69) is 22.5 Å². The highest BCUT2D eigenvalue weighted by Crippen LogP contribution is 2.04. The highest BCUT2D eigenvalue weighted by atomic mass is 16.2. The molecule has 20 heavy (non-hydrogen) atoms. The van der Waals surface area contributed by atoms with Gasteiger partial charge in [0, 0.05) is 11.8 Å². The first-order valence-electron chi connectivity index (χ1n) is 6.94. The maximum atomic E-state index is 11.7.